The van der Waals surface area contributed by atoms with E-state index in [-0.39, 0.29) is 9.94 Å². The van der Waals surface area contributed by atoms with E-state index in [0.717, 1.165) is 22.2 Å². The summed E-state index contributed by atoms with van der Waals surface area (Å²) in [5.41, 5.74) is 0.922. The molecule has 25 heavy (non-hydrogen) atoms. The fourth-order valence-electron chi connectivity index (χ4n) is 1.72. The molecule has 2 rings (SSSR count). The summed E-state index contributed by atoms with van der Waals surface area (Å²) in [5, 5.41) is 3.53. The van der Waals surface area contributed by atoms with E-state index in [4.69, 9.17) is 4.28 Å². The van der Waals surface area contributed by atoms with Gasteiger partial charge in [0.25, 0.3) is 5.91 Å². The number of hydrogen-bond acceptors (Lipinski definition) is 6. The van der Waals surface area contributed by atoms with Crippen LogP contribution in [0.4, 0.5) is 0 Å². The van der Waals surface area contributed by atoms with Gasteiger partial charge in [-0.05, 0) is 31.2 Å². The maximum atomic E-state index is 12.2. The average Bonchev–Trinajstić information content (AvgIpc) is 2.59. The van der Waals surface area contributed by atoms with Crippen molar-refractivity contribution in [2.75, 3.05) is 14.1 Å². The molecule has 8 heteroatoms. The number of nitrogens with zero attached hydrogens (tertiary/aromatic N) is 2. The van der Waals surface area contributed by atoms with Crippen LogP contribution in [0.15, 0.2) is 69.5 Å². The first kappa shape index (κ1) is 19.0. The highest BCUT2D eigenvalue weighted by Crippen LogP contribution is 2.21. The minimum absolute atomic E-state index is 0.0248. The number of hydrogen-bond donors (Lipinski definition) is 0. The van der Waals surface area contributed by atoms with Crippen molar-refractivity contribution in [1.82, 2.24) is 4.90 Å². The van der Waals surface area contributed by atoms with Crippen molar-refractivity contribution in [1.29, 1.82) is 0 Å². The summed E-state index contributed by atoms with van der Waals surface area (Å²) in [7, 11) is -0.988. The number of oxime groups is 1. The summed E-state index contributed by atoms with van der Waals surface area (Å²) in [4.78, 5) is 14.3. The largest absolute Gasteiger partial charge is 0.358 e. The molecule has 0 radical (unpaired) electrons. The van der Waals surface area contributed by atoms with Crippen molar-refractivity contribution in [3.63, 3.8) is 0 Å². The Morgan fingerprint density at radius 2 is 1.64 bits per heavy atom. The van der Waals surface area contributed by atoms with Crippen molar-refractivity contribution < 1.29 is 17.5 Å². The SMILES string of the molecule is Cc1ccc(S(=O)(=O)ON=C(Sc2ccccc2)C(=O)N(C)C)cc1. The molecule has 0 unspecified atom stereocenters. The lowest BCUT2D eigenvalue weighted by molar-refractivity contribution is -0.121. The van der Waals surface area contributed by atoms with Crippen molar-refractivity contribution in [3.8, 4) is 0 Å². The highest BCUT2D eigenvalue weighted by Gasteiger charge is 2.20. The fraction of sp³-hybridized carbons (Fsp3) is 0.176. The van der Waals surface area contributed by atoms with Gasteiger partial charge in [-0.2, -0.15) is 8.42 Å². The van der Waals surface area contributed by atoms with E-state index in [2.05, 4.69) is 5.16 Å². The van der Waals surface area contributed by atoms with E-state index < -0.39 is 16.0 Å². The Kier molecular flexibility index (Phi) is 6.22. The monoisotopic (exact) mass is 378 g/mol. The third-order valence-electron chi connectivity index (χ3n) is 3.07. The molecule has 0 saturated heterocycles. The normalized spacial score (nSPS) is 11.9. The standard InChI is InChI=1S/C17H18N2O4S2/c1-13-9-11-15(12-10-13)25(21,22)23-18-16(17(20)19(2)3)24-14-7-5-4-6-8-14/h4-12H,1-3H3. The third kappa shape index (κ3) is 5.33. The maximum Gasteiger partial charge on any atom is 0.358 e. The number of rotatable bonds is 4. The molecule has 0 N–H and O–H groups in total. The minimum Gasteiger partial charge on any atom is -0.343 e. The van der Waals surface area contributed by atoms with Crippen LogP contribution >= 0.6 is 11.8 Å². The van der Waals surface area contributed by atoms with Crippen molar-refractivity contribution in [2.24, 2.45) is 5.16 Å². The molecule has 6 nitrogen and oxygen atoms in total. The number of amides is 1. The fourth-order valence-corrected chi connectivity index (χ4v) is 3.36. The van der Waals surface area contributed by atoms with Crippen LogP contribution in [0.1, 0.15) is 5.56 Å². The van der Waals surface area contributed by atoms with Crippen LogP contribution in [0, 0.1) is 6.92 Å². The molecule has 132 valence electrons. The van der Waals surface area contributed by atoms with Gasteiger partial charge in [0.1, 0.15) is 4.90 Å². The molecule has 1 amide bonds. The predicted molar refractivity (Wildman–Crippen MR) is 97.9 cm³/mol. The van der Waals surface area contributed by atoms with Gasteiger partial charge in [0.2, 0.25) is 5.04 Å². The van der Waals surface area contributed by atoms with Crippen LogP contribution in [0.5, 0.6) is 0 Å². The minimum atomic E-state index is -4.10. The molecule has 0 fully saturated rings. The average molecular weight is 378 g/mol. The smallest absolute Gasteiger partial charge is 0.343 e. The Balaban J connectivity index is 2.27. The van der Waals surface area contributed by atoms with Gasteiger partial charge in [-0.3, -0.25) is 9.08 Å². The second kappa shape index (κ2) is 8.17. The van der Waals surface area contributed by atoms with Crippen molar-refractivity contribution >= 4 is 32.8 Å². The van der Waals surface area contributed by atoms with Gasteiger partial charge in [-0.25, -0.2) is 0 Å². The summed E-state index contributed by atoms with van der Waals surface area (Å²) >= 11 is 1.03. The van der Waals surface area contributed by atoms with Crippen LogP contribution < -0.4 is 0 Å². The number of carbonyl (C=O) groups is 1. The summed E-state index contributed by atoms with van der Waals surface area (Å²) in [6.07, 6.45) is 0. The van der Waals surface area contributed by atoms with E-state index in [1.54, 1.807) is 38.4 Å². The molecule has 0 aliphatic carbocycles. The molecular formula is C17H18N2O4S2. The van der Waals surface area contributed by atoms with Crippen molar-refractivity contribution in [3.05, 3.63) is 60.2 Å². The molecule has 0 aliphatic rings. The highest BCUT2D eigenvalue weighted by atomic mass is 32.2. The van der Waals surface area contributed by atoms with Gasteiger partial charge >= 0.3 is 10.1 Å². The third-order valence-corrected chi connectivity index (χ3v) is 5.15. The van der Waals surface area contributed by atoms with Gasteiger partial charge in [0, 0.05) is 19.0 Å². The van der Waals surface area contributed by atoms with Crippen LogP contribution in [-0.4, -0.2) is 38.4 Å². The van der Waals surface area contributed by atoms with Crippen LogP contribution in [-0.2, 0) is 19.2 Å². The van der Waals surface area contributed by atoms with E-state index in [0.29, 0.717) is 0 Å². The predicted octanol–water partition coefficient (Wildman–Crippen LogP) is 2.89. The Morgan fingerprint density at radius 3 is 2.20 bits per heavy atom. The second-order valence-electron chi connectivity index (χ2n) is 5.35. The summed E-state index contributed by atoms with van der Waals surface area (Å²) < 4.78 is 29.2. The maximum absolute atomic E-state index is 12.2. The van der Waals surface area contributed by atoms with Crippen LogP contribution in [0.25, 0.3) is 0 Å². The lowest BCUT2D eigenvalue weighted by Crippen LogP contribution is -2.28. The molecule has 0 aromatic heterocycles. The lowest BCUT2D eigenvalue weighted by Gasteiger charge is -2.11. The number of thioether (sulfide) groups is 1. The van der Waals surface area contributed by atoms with Crippen LogP contribution in [0.2, 0.25) is 0 Å². The molecule has 2 aromatic rings. The Morgan fingerprint density at radius 1 is 1.04 bits per heavy atom. The highest BCUT2D eigenvalue weighted by molar-refractivity contribution is 8.15. The number of carbonyl (C=O) groups excluding carboxylic acids is 1. The zero-order chi connectivity index (χ0) is 18.4. The zero-order valence-corrected chi connectivity index (χ0v) is 15.7. The lowest BCUT2D eigenvalue weighted by atomic mass is 10.2. The first-order valence-electron chi connectivity index (χ1n) is 7.32. The summed E-state index contributed by atoms with van der Waals surface area (Å²) in [6, 6.07) is 15.2. The molecule has 0 aliphatic heterocycles. The Hall–Kier alpha value is -2.32. The quantitative estimate of drug-likeness (QED) is 0.354. The zero-order valence-electron chi connectivity index (χ0n) is 14.0. The number of benzene rings is 2. The van der Waals surface area contributed by atoms with Gasteiger partial charge in [-0.1, -0.05) is 52.8 Å². The van der Waals surface area contributed by atoms with E-state index in [1.165, 1.54) is 17.0 Å². The molecule has 0 bridgehead atoms. The summed E-state index contributed by atoms with van der Waals surface area (Å²) in [6.45, 7) is 1.85. The van der Waals surface area contributed by atoms with E-state index >= 15 is 0 Å². The first-order valence-corrected chi connectivity index (χ1v) is 9.55. The second-order valence-corrected chi connectivity index (χ2v) is 7.94. The summed E-state index contributed by atoms with van der Waals surface area (Å²) in [5.74, 6) is -0.451. The van der Waals surface area contributed by atoms with E-state index in [9.17, 15) is 13.2 Å². The Labute approximate surface area is 151 Å². The molecule has 0 saturated carbocycles. The van der Waals surface area contributed by atoms with Gasteiger partial charge in [-0.15, -0.1) is 0 Å². The molecular weight excluding hydrogens is 360 g/mol. The van der Waals surface area contributed by atoms with Gasteiger partial charge in [0.15, 0.2) is 0 Å². The molecule has 2 aromatic carbocycles. The van der Waals surface area contributed by atoms with Gasteiger partial charge < -0.3 is 4.90 Å². The number of aryl methyl sites for hydroxylation is 1. The first-order chi connectivity index (χ1) is 11.8. The molecule has 0 spiro atoms. The Bertz CT molecular complexity index is 861. The van der Waals surface area contributed by atoms with Crippen molar-refractivity contribution in [2.45, 2.75) is 16.7 Å². The van der Waals surface area contributed by atoms with Gasteiger partial charge in [0.05, 0.1) is 0 Å². The van der Waals surface area contributed by atoms with E-state index in [1.807, 2.05) is 25.1 Å². The molecule has 0 heterocycles. The topological polar surface area (TPSA) is 76.0 Å². The molecule has 0 atom stereocenters. The van der Waals surface area contributed by atoms with Crippen LogP contribution in [0.3, 0.4) is 0 Å².